The summed E-state index contributed by atoms with van der Waals surface area (Å²) >= 11 is 8.96. The molecule has 11 heteroatoms. The van der Waals surface area contributed by atoms with Crippen LogP contribution < -0.4 is 20.9 Å². The number of nitrogens with two attached hydrogens (primary N) is 1. The number of hydrogen-bond donors (Lipinski definition) is 2. The molecule has 0 aliphatic carbocycles. The first-order valence-corrected chi connectivity index (χ1v) is 12.5. The Hall–Kier alpha value is -2.31. The highest BCUT2D eigenvalue weighted by Crippen LogP contribution is 2.42. The minimum Gasteiger partial charge on any atom is -0.382 e. The van der Waals surface area contributed by atoms with E-state index < -0.39 is 0 Å². The van der Waals surface area contributed by atoms with Gasteiger partial charge in [0.25, 0.3) is 0 Å². The van der Waals surface area contributed by atoms with Crippen LogP contribution in [0.2, 0.25) is 0 Å². The fourth-order valence-electron chi connectivity index (χ4n) is 3.60. The molecule has 0 bridgehead atoms. The van der Waals surface area contributed by atoms with E-state index in [2.05, 4.69) is 20.1 Å². The number of thiocarbonyl (C=S) groups is 1. The third kappa shape index (κ3) is 4.57. The van der Waals surface area contributed by atoms with Gasteiger partial charge in [-0.1, -0.05) is 53.1 Å². The van der Waals surface area contributed by atoms with E-state index in [-0.39, 0.29) is 0 Å². The molecule has 2 saturated heterocycles. The number of anilines is 4. The van der Waals surface area contributed by atoms with Crippen molar-refractivity contribution in [2.75, 3.05) is 73.5 Å². The van der Waals surface area contributed by atoms with Gasteiger partial charge in [-0.05, 0) is 12.1 Å². The summed E-state index contributed by atoms with van der Waals surface area (Å²) in [7, 11) is 0. The van der Waals surface area contributed by atoms with Crippen molar-refractivity contribution >= 4 is 61.6 Å². The van der Waals surface area contributed by atoms with Gasteiger partial charge >= 0.3 is 0 Å². The Morgan fingerprint density at radius 3 is 2.12 bits per heavy atom. The summed E-state index contributed by atoms with van der Waals surface area (Å²) in [5.41, 5.74) is 8.13. The Balaban J connectivity index is 1.50. The number of hydrogen-bond acceptors (Lipinski definition) is 10. The topological polar surface area (TPSA) is 88.8 Å². The maximum atomic E-state index is 6.40. The van der Waals surface area contributed by atoms with Gasteiger partial charge in [-0.3, -0.25) is 0 Å². The van der Waals surface area contributed by atoms with Crippen LogP contribution >= 0.6 is 34.9 Å². The average molecular weight is 489 g/mol. The number of morpholine rings is 2. The quantitative estimate of drug-likeness (QED) is 0.525. The minimum absolute atomic E-state index is 0.485. The van der Waals surface area contributed by atoms with Gasteiger partial charge in [0, 0.05) is 31.9 Å². The van der Waals surface area contributed by atoms with Crippen LogP contribution in [0.15, 0.2) is 30.3 Å². The minimum atomic E-state index is 0.485. The van der Waals surface area contributed by atoms with Gasteiger partial charge in [0.2, 0.25) is 0 Å². The van der Waals surface area contributed by atoms with Gasteiger partial charge < -0.3 is 30.3 Å². The van der Waals surface area contributed by atoms with Crippen LogP contribution in [0.25, 0.3) is 10.6 Å². The van der Waals surface area contributed by atoms with Crippen molar-refractivity contribution in [2.45, 2.75) is 0 Å². The molecule has 3 N–H and O–H groups in total. The van der Waals surface area contributed by atoms with E-state index in [0.29, 0.717) is 37.2 Å². The SMILES string of the molecule is Nc1nc(N2CCOCC2)sc1-c1nc(N2CCOCC2)sc1C(=S)Nc1ccccc1. The Bertz CT molecular complexity index is 1070. The third-order valence-corrected chi connectivity index (χ3v) is 7.98. The molecule has 2 aliphatic rings. The van der Waals surface area contributed by atoms with Gasteiger partial charge in [-0.2, -0.15) is 0 Å². The monoisotopic (exact) mass is 488 g/mol. The van der Waals surface area contributed by atoms with Gasteiger partial charge in [0.15, 0.2) is 10.3 Å². The van der Waals surface area contributed by atoms with Gasteiger partial charge in [-0.25, -0.2) is 9.97 Å². The Morgan fingerprint density at radius 1 is 0.906 bits per heavy atom. The predicted octanol–water partition coefficient (Wildman–Crippen LogP) is 3.31. The number of benzene rings is 1. The second kappa shape index (κ2) is 9.67. The van der Waals surface area contributed by atoms with Crippen molar-refractivity contribution in [1.82, 2.24) is 9.97 Å². The standard InChI is InChI=1S/C21H24N6O2S3/c22-18-16(31-21(25-18)27-8-12-29-13-9-27)15-17(19(30)23-14-4-2-1-3-5-14)32-20(24-15)26-6-10-28-11-7-26/h1-5H,6-13,22H2,(H,23,30). The predicted molar refractivity (Wildman–Crippen MR) is 135 cm³/mol. The number of aromatic nitrogens is 2. The van der Waals surface area contributed by atoms with Crippen molar-refractivity contribution < 1.29 is 9.47 Å². The third-order valence-electron chi connectivity index (χ3n) is 5.27. The van der Waals surface area contributed by atoms with E-state index in [1.165, 1.54) is 0 Å². The smallest absolute Gasteiger partial charge is 0.188 e. The number of thiazole rings is 2. The first-order valence-electron chi connectivity index (χ1n) is 10.5. The molecule has 3 aromatic rings. The second-order valence-electron chi connectivity index (χ2n) is 7.40. The molecule has 2 aromatic heterocycles. The first kappa shape index (κ1) is 21.5. The van der Waals surface area contributed by atoms with Crippen molar-refractivity contribution in [3.8, 4) is 10.6 Å². The Labute approximate surface area is 200 Å². The molecule has 0 radical (unpaired) electrons. The lowest BCUT2D eigenvalue weighted by atomic mass is 10.3. The van der Waals surface area contributed by atoms with Crippen molar-refractivity contribution in [2.24, 2.45) is 0 Å². The zero-order chi connectivity index (χ0) is 21.9. The molecule has 0 atom stereocenters. The lowest BCUT2D eigenvalue weighted by Gasteiger charge is -2.26. The fourth-order valence-corrected chi connectivity index (χ4v) is 6.05. The lowest BCUT2D eigenvalue weighted by molar-refractivity contribution is 0.122. The van der Waals surface area contributed by atoms with E-state index in [0.717, 1.165) is 57.6 Å². The maximum absolute atomic E-state index is 6.40. The largest absolute Gasteiger partial charge is 0.382 e. The maximum Gasteiger partial charge on any atom is 0.188 e. The summed E-state index contributed by atoms with van der Waals surface area (Å²) in [5.74, 6) is 0.485. The van der Waals surface area contributed by atoms with E-state index in [4.69, 9.17) is 32.4 Å². The Morgan fingerprint density at radius 2 is 1.50 bits per heavy atom. The van der Waals surface area contributed by atoms with Gasteiger partial charge in [0.05, 0.1) is 31.3 Å². The summed E-state index contributed by atoms with van der Waals surface area (Å²) in [6.07, 6.45) is 0. The van der Waals surface area contributed by atoms with Crippen LogP contribution in [0.5, 0.6) is 0 Å². The summed E-state index contributed by atoms with van der Waals surface area (Å²) in [6, 6.07) is 9.93. The molecule has 8 nitrogen and oxygen atoms in total. The summed E-state index contributed by atoms with van der Waals surface area (Å²) in [4.78, 5) is 16.5. The zero-order valence-electron chi connectivity index (χ0n) is 17.5. The molecule has 0 amide bonds. The molecular formula is C21H24N6O2S3. The number of rotatable bonds is 5. The molecule has 4 heterocycles. The average Bonchev–Trinajstić information content (AvgIpc) is 3.45. The highest BCUT2D eigenvalue weighted by atomic mass is 32.1. The second-order valence-corrected chi connectivity index (χ2v) is 9.77. The summed E-state index contributed by atoms with van der Waals surface area (Å²) in [5, 5.41) is 5.17. The van der Waals surface area contributed by atoms with Crippen LogP contribution in [-0.4, -0.2) is 67.6 Å². The molecule has 5 rings (SSSR count). The summed E-state index contributed by atoms with van der Waals surface area (Å²) < 4.78 is 11.0. The molecule has 0 unspecified atom stereocenters. The normalized spacial score (nSPS) is 16.9. The van der Waals surface area contributed by atoms with Gasteiger partial charge in [-0.15, -0.1) is 0 Å². The Kier molecular flexibility index (Phi) is 6.51. The van der Waals surface area contributed by atoms with E-state index in [1.54, 1.807) is 22.7 Å². The van der Waals surface area contributed by atoms with E-state index in [9.17, 15) is 0 Å². The molecule has 1 aromatic carbocycles. The highest BCUT2D eigenvalue weighted by molar-refractivity contribution is 7.81. The molecule has 0 spiro atoms. The molecule has 0 saturated carbocycles. The molecule has 2 fully saturated rings. The van der Waals surface area contributed by atoms with E-state index >= 15 is 0 Å². The van der Waals surface area contributed by atoms with Crippen LogP contribution in [-0.2, 0) is 9.47 Å². The summed E-state index contributed by atoms with van der Waals surface area (Å²) in [6.45, 7) is 6.02. The van der Waals surface area contributed by atoms with Crippen LogP contribution in [0.4, 0.5) is 21.8 Å². The van der Waals surface area contributed by atoms with E-state index in [1.807, 2.05) is 30.3 Å². The number of ether oxygens (including phenoxy) is 2. The number of nitrogens with zero attached hydrogens (tertiary/aromatic N) is 4. The number of nitrogens with one attached hydrogen (secondary N) is 1. The number of para-hydroxylation sites is 1. The first-order chi connectivity index (χ1) is 15.7. The van der Waals surface area contributed by atoms with Crippen molar-refractivity contribution in [1.29, 1.82) is 0 Å². The molecular weight excluding hydrogens is 464 g/mol. The molecule has 32 heavy (non-hydrogen) atoms. The zero-order valence-corrected chi connectivity index (χ0v) is 19.9. The van der Waals surface area contributed by atoms with Crippen molar-refractivity contribution in [3.63, 3.8) is 0 Å². The molecule has 168 valence electrons. The van der Waals surface area contributed by atoms with Gasteiger partial charge in [0.1, 0.15) is 21.4 Å². The van der Waals surface area contributed by atoms with Crippen LogP contribution in [0, 0.1) is 0 Å². The molecule has 2 aliphatic heterocycles. The highest BCUT2D eigenvalue weighted by Gasteiger charge is 2.26. The fraction of sp³-hybridized carbons (Fsp3) is 0.381. The number of nitrogen functional groups attached to an aromatic ring is 1. The van der Waals surface area contributed by atoms with Crippen molar-refractivity contribution in [3.05, 3.63) is 35.2 Å². The lowest BCUT2D eigenvalue weighted by Crippen LogP contribution is -2.36. The van der Waals surface area contributed by atoms with Crippen LogP contribution in [0.3, 0.4) is 0 Å². The van der Waals surface area contributed by atoms with Crippen LogP contribution in [0.1, 0.15) is 4.88 Å².